The number of benzene rings is 18. The lowest BCUT2D eigenvalue weighted by Crippen LogP contribution is -2.77. The molecule has 3 nitrogen and oxygen atoms in total. The zero-order valence-electron chi connectivity index (χ0n) is 68.7. The minimum Gasteiger partial charge on any atom is -0.310 e. The van der Waals surface area contributed by atoms with Gasteiger partial charge in [-0.3, -0.25) is 4.70 Å². The van der Waals surface area contributed by atoms with Crippen LogP contribution in [0.4, 0.5) is 55.9 Å². The smallest absolute Gasteiger partial charge is 0.184 e. The number of anilines is 9. The quantitative estimate of drug-likeness (QED) is 0.120. The Labute approximate surface area is 728 Å². The van der Waals surface area contributed by atoms with Gasteiger partial charge in [-0.2, -0.15) is 0 Å². The molecule has 0 fully saturated rings. The predicted molar refractivity (Wildman–Crippen MR) is 522 cm³/mol. The standard InChI is InChI=1S/C57H44N2Si.C32H26BrNSi.C26H20.FH.H2/c1-41-39-42(2)54(59-51-35-19-21-37-55(51)60(45-27-11-5-12-28-45,46-29-13-6-14-30-46)56-38-22-20-36-52(56)59)40-53(41)58-49-33-17-15-31-47(49)57(43-23-7-3-8-24-43,44-25-9-4-10-26-44)48-32-16-18-34-50(48)58;1-23-21-24(2)30(22-27(23)33)34-28-17-9-11-19-31(28)35(25-13-5-3-6-14-25,26-15-7-4-8-16-26)32-20-12-10-18-29(32)34;1-3-13-22(14-4-1)26(23-15-5-2-6-16-23)24-17-9-7-11-20(24)19-21-12-8-10-18-25(21)26;;/h3-40H,1-2H3;3-22H,1-2H3;1-18H,19H2;2*1H/i;;;;1+1. The van der Waals surface area contributed by atoms with E-state index in [1.807, 2.05) is 0 Å². The number of nitrogens with zero attached hydrogens (tertiary/aromatic N) is 3. The number of rotatable bonds is 11. The Morgan fingerprint density at radius 3 is 0.754 bits per heavy atom. The minimum atomic E-state index is -2.75. The third kappa shape index (κ3) is 12.5. The van der Waals surface area contributed by atoms with Crippen LogP contribution in [0.2, 0.25) is 0 Å². The number of aryl methyl sites for hydroxylation is 4. The maximum absolute atomic E-state index is 3.80. The average molecular weight is 1670 g/mol. The van der Waals surface area contributed by atoms with E-state index in [9.17, 15) is 0 Å². The molecule has 7 heteroatoms. The van der Waals surface area contributed by atoms with Crippen LogP contribution < -0.4 is 56.2 Å². The molecule has 0 bridgehead atoms. The maximum Gasteiger partial charge on any atom is 0.184 e. The van der Waals surface area contributed by atoms with Crippen LogP contribution in [0.1, 0.15) is 79.3 Å². The Morgan fingerprint density at radius 2 is 0.443 bits per heavy atom. The largest absolute Gasteiger partial charge is 0.310 e. The lowest BCUT2D eigenvalue weighted by atomic mass is 9.60. The van der Waals surface area contributed by atoms with Crippen molar-refractivity contribution in [1.82, 2.24) is 0 Å². The van der Waals surface area contributed by atoms with Crippen molar-refractivity contribution >= 4 is 125 Å². The molecule has 0 N–H and O–H groups in total. The number of hydrogen-bond donors (Lipinski definition) is 0. The molecule has 0 spiro atoms. The van der Waals surface area contributed by atoms with Crippen LogP contribution in [0.3, 0.4) is 0 Å². The molecule has 0 atom stereocenters. The molecule has 18 aromatic carbocycles. The summed E-state index contributed by atoms with van der Waals surface area (Å²) in [4.78, 5) is 7.56. The van der Waals surface area contributed by atoms with Crippen LogP contribution in [0.25, 0.3) is 0 Å². The molecule has 1 aliphatic carbocycles. The Balaban J connectivity index is 0.000000138. The summed E-state index contributed by atoms with van der Waals surface area (Å²) >= 11 is 3.80. The van der Waals surface area contributed by atoms with Crippen LogP contribution in [0, 0.1) is 27.7 Å². The van der Waals surface area contributed by atoms with Gasteiger partial charge in [0.15, 0.2) is 16.1 Å². The zero-order chi connectivity index (χ0) is 81.7. The number of hydrogen-bond acceptors (Lipinski definition) is 3. The molecular weight excluding hydrogens is 1580 g/mol. The zero-order valence-corrected chi connectivity index (χ0v) is 72.3. The maximum atomic E-state index is 3.80. The lowest BCUT2D eigenvalue weighted by Gasteiger charge is -2.47. The van der Waals surface area contributed by atoms with Crippen molar-refractivity contribution < 1.29 is 6.13 Å². The second kappa shape index (κ2) is 32.7. The van der Waals surface area contributed by atoms with Gasteiger partial charge < -0.3 is 14.7 Å². The summed E-state index contributed by atoms with van der Waals surface area (Å²) < 4.78 is 1.13. The van der Waals surface area contributed by atoms with Gasteiger partial charge >= 0.3 is 0 Å². The van der Waals surface area contributed by atoms with Crippen molar-refractivity contribution in [1.29, 1.82) is 0 Å². The summed E-state index contributed by atoms with van der Waals surface area (Å²) in [5, 5.41) is 11.2. The van der Waals surface area contributed by atoms with Gasteiger partial charge in [0.25, 0.3) is 0 Å². The fourth-order valence-corrected chi connectivity index (χ4v) is 31.5. The van der Waals surface area contributed by atoms with E-state index in [0.29, 0.717) is 0 Å². The lowest BCUT2D eigenvalue weighted by molar-refractivity contribution is 0.703. The van der Waals surface area contributed by atoms with E-state index in [1.165, 1.54) is 171 Å². The van der Waals surface area contributed by atoms with E-state index < -0.39 is 21.6 Å². The average Bonchev–Trinajstić information content (AvgIpc) is 0.647. The van der Waals surface area contributed by atoms with Gasteiger partial charge in [-0.15, -0.1) is 0 Å². The summed E-state index contributed by atoms with van der Waals surface area (Å²) in [7, 11) is -5.30. The van der Waals surface area contributed by atoms with Crippen LogP contribution in [0.15, 0.2) is 466 Å². The summed E-state index contributed by atoms with van der Waals surface area (Å²) in [6, 6.07) is 171. The van der Waals surface area contributed by atoms with Crippen LogP contribution in [-0.4, -0.2) is 16.1 Å². The summed E-state index contributed by atoms with van der Waals surface area (Å²) in [6.45, 7) is 8.92. The van der Waals surface area contributed by atoms with Gasteiger partial charge in [-0.25, -0.2) is 0 Å². The van der Waals surface area contributed by atoms with Crippen molar-refractivity contribution in [2.24, 2.45) is 0 Å². The highest BCUT2D eigenvalue weighted by molar-refractivity contribution is 9.10. The SMILES string of the molecule is Cc1cc(C)c(N2c3ccccc3[Si](c3ccccc3)(c3ccccc3)c3ccccc32)cc1Br.Cc1cc(C)c(N2c3ccccc3[Si](c3ccccc3)(c3ccccc3)c3ccccc32)cc1N1c2ccccc2C(c2ccccc2)(c2ccccc2)c2ccccc21.F.[2HH].c1ccc(C2(c3ccccc3)c3ccccc3Cc3ccccc32)cc1. The van der Waals surface area contributed by atoms with Gasteiger partial charge in [0.2, 0.25) is 0 Å². The van der Waals surface area contributed by atoms with Crippen molar-refractivity contribution in [3.05, 3.63) is 543 Å². The first-order chi connectivity index (χ1) is 59.7. The molecule has 0 unspecified atom stereocenters. The van der Waals surface area contributed by atoms with Crippen molar-refractivity contribution in [2.45, 2.75) is 44.9 Å². The molecule has 3 aliphatic heterocycles. The van der Waals surface area contributed by atoms with E-state index in [1.54, 1.807) is 0 Å². The monoisotopic (exact) mass is 1670 g/mol. The van der Waals surface area contributed by atoms with Gasteiger partial charge in [0.05, 0.1) is 39.3 Å². The Hall–Kier alpha value is -13.8. The molecule has 0 aromatic heterocycles. The van der Waals surface area contributed by atoms with E-state index >= 15 is 0 Å². The molecule has 3 heterocycles. The summed E-state index contributed by atoms with van der Waals surface area (Å²) in [5.74, 6) is 0. The molecule has 0 amide bonds. The van der Waals surface area contributed by atoms with Gasteiger partial charge in [-0.05, 0) is 202 Å². The highest BCUT2D eigenvalue weighted by Crippen LogP contribution is 2.59. The molecule has 22 rings (SSSR count). The van der Waals surface area contributed by atoms with Crippen LogP contribution in [0.5, 0.6) is 0 Å². The van der Waals surface area contributed by atoms with E-state index in [2.05, 4.69) is 519 Å². The fourth-order valence-electron chi connectivity index (χ4n) is 21.0. The van der Waals surface area contributed by atoms with Crippen molar-refractivity contribution in [3.63, 3.8) is 0 Å². The number of fused-ring (bicyclic) bond motifs is 8. The number of para-hydroxylation sites is 6. The highest BCUT2D eigenvalue weighted by atomic mass is 79.9. The summed E-state index contributed by atoms with van der Waals surface area (Å²) in [5.41, 5.74) is 28.4. The Morgan fingerprint density at radius 1 is 0.221 bits per heavy atom. The van der Waals surface area contributed by atoms with Gasteiger partial charge in [0, 0.05) is 28.6 Å². The van der Waals surface area contributed by atoms with Crippen molar-refractivity contribution in [3.8, 4) is 0 Å². The highest BCUT2D eigenvalue weighted by Gasteiger charge is 2.52. The molecule has 0 saturated heterocycles. The van der Waals surface area contributed by atoms with E-state index in [4.69, 9.17) is 0 Å². The van der Waals surface area contributed by atoms with E-state index in [0.717, 1.165) is 10.9 Å². The second-order valence-electron chi connectivity index (χ2n) is 32.3. The molecule has 122 heavy (non-hydrogen) atoms. The van der Waals surface area contributed by atoms with Gasteiger partial charge in [0.1, 0.15) is 0 Å². The first kappa shape index (κ1) is 78.1. The predicted octanol–water partition coefficient (Wildman–Crippen LogP) is 24.2. The summed E-state index contributed by atoms with van der Waals surface area (Å²) in [6.07, 6.45) is 0.994. The normalized spacial score (nSPS) is 14.1. The van der Waals surface area contributed by atoms with Crippen molar-refractivity contribution in [2.75, 3.05) is 14.7 Å². The molecule has 18 aromatic rings. The van der Waals surface area contributed by atoms with Gasteiger partial charge in [-0.1, -0.05) is 428 Å². The molecule has 0 saturated carbocycles. The first-order valence-electron chi connectivity index (χ1n) is 42.1. The molecule has 590 valence electrons. The Kier molecular flexibility index (Phi) is 20.9. The van der Waals surface area contributed by atoms with Crippen LogP contribution in [-0.2, 0) is 17.3 Å². The third-order valence-corrected chi connectivity index (χ3v) is 36.5. The molecule has 0 radical (unpaired) electrons. The van der Waals surface area contributed by atoms with E-state index in [-0.39, 0.29) is 11.5 Å². The second-order valence-corrected chi connectivity index (χ2v) is 40.7. The third-order valence-electron chi connectivity index (χ3n) is 25.9. The number of halogens is 2. The Bertz CT molecular complexity index is 6290. The minimum absolute atomic E-state index is 0. The first-order valence-corrected chi connectivity index (χ1v) is 46.9. The topological polar surface area (TPSA) is 9.72 Å². The van der Waals surface area contributed by atoms with Crippen LogP contribution >= 0.6 is 15.9 Å². The molecule has 4 aliphatic rings. The molecular formula is C115H93BrFN3Si2. The fraction of sp³-hybridized carbons (Fsp3) is 0.0609.